The first kappa shape index (κ1) is 11.0. The third-order valence-corrected chi connectivity index (χ3v) is 2.97. The maximum atomic E-state index is 12.7. The van der Waals surface area contributed by atoms with Crippen molar-refractivity contribution < 1.29 is 4.39 Å². The molecule has 1 nitrogen and oxygen atoms in total. The number of nitrogens with one attached hydrogen (secondary N) is 1. The van der Waals surface area contributed by atoms with Gasteiger partial charge in [-0.3, -0.25) is 0 Å². The SMILES string of the molecule is CSc1ccc(Nc2ccc(F)cc2)cc1. The van der Waals surface area contributed by atoms with E-state index in [9.17, 15) is 4.39 Å². The van der Waals surface area contributed by atoms with Gasteiger partial charge in [-0.15, -0.1) is 11.8 Å². The van der Waals surface area contributed by atoms with E-state index in [0.717, 1.165) is 11.4 Å². The minimum absolute atomic E-state index is 0.219. The lowest BCUT2D eigenvalue weighted by molar-refractivity contribution is 0.628. The summed E-state index contributed by atoms with van der Waals surface area (Å²) in [5, 5.41) is 3.21. The summed E-state index contributed by atoms with van der Waals surface area (Å²) < 4.78 is 12.7. The molecular formula is C13H12FNS. The summed E-state index contributed by atoms with van der Waals surface area (Å²) in [6.07, 6.45) is 2.04. The molecule has 0 aliphatic rings. The number of thioether (sulfide) groups is 1. The first-order valence-electron chi connectivity index (χ1n) is 4.94. The van der Waals surface area contributed by atoms with E-state index in [0.29, 0.717) is 0 Å². The normalized spacial score (nSPS) is 10.1. The summed E-state index contributed by atoms with van der Waals surface area (Å²) in [6, 6.07) is 14.4. The number of benzene rings is 2. The zero-order valence-electron chi connectivity index (χ0n) is 8.91. The van der Waals surface area contributed by atoms with Gasteiger partial charge < -0.3 is 5.32 Å². The second-order valence-electron chi connectivity index (χ2n) is 3.36. The first-order chi connectivity index (χ1) is 7.78. The van der Waals surface area contributed by atoms with Gasteiger partial charge in [0.05, 0.1) is 0 Å². The van der Waals surface area contributed by atoms with Gasteiger partial charge in [0.1, 0.15) is 5.82 Å². The van der Waals surface area contributed by atoms with Crippen LogP contribution in [0.3, 0.4) is 0 Å². The topological polar surface area (TPSA) is 12.0 Å². The van der Waals surface area contributed by atoms with Crippen molar-refractivity contribution in [2.45, 2.75) is 4.90 Å². The smallest absolute Gasteiger partial charge is 0.123 e. The Morgan fingerprint density at radius 3 is 1.88 bits per heavy atom. The van der Waals surface area contributed by atoms with E-state index in [2.05, 4.69) is 17.4 Å². The van der Waals surface area contributed by atoms with Crippen LogP contribution in [0.1, 0.15) is 0 Å². The number of hydrogen-bond donors (Lipinski definition) is 1. The van der Waals surface area contributed by atoms with Crippen LogP contribution in [0, 0.1) is 5.82 Å². The fourth-order valence-electron chi connectivity index (χ4n) is 1.37. The Labute approximate surface area is 98.7 Å². The highest BCUT2D eigenvalue weighted by Gasteiger charge is 1.95. The minimum atomic E-state index is -0.219. The Balaban J connectivity index is 2.11. The molecule has 1 N–H and O–H groups in total. The zero-order chi connectivity index (χ0) is 11.4. The van der Waals surface area contributed by atoms with Crippen molar-refractivity contribution in [2.75, 3.05) is 11.6 Å². The van der Waals surface area contributed by atoms with Crippen LogP contribution in [-0.4, -0.2) is 6.26 Å². The molecule has 0 aliphatic heterocycles. The molecule has 3 heteroatoms. The molecule has 0 saturated carbocycles. The second-order valence-corrected chi connectivity index (χ2v) is 4.24. The number of hydrogen-bond acceptors (Lipinski definition) is 2. The van der Waals surface area contributed by atoms with E-state index in [1.807, 2.05) is 18.4 Å². The summed E-state index contributed by atoms with van der Waals surface area (Å²) >= 11 is 1.71. The summed E-state index contributed by atoms with van der Waals surface area (Å²) in [5.74, 6) is -0.219. The van der Waals surface area contributed by atoms with Crippen molar-refractivity contribution in [3.63, 3.8) is 0 Å². The highest BCUT2D eigenvalue weighted by Crippen LogP contribution is 2.20. The molecule has 2 aromatic rings. The summed E-state index contributed by atoms with van der Waals surface area (Å²) in [4.78, 5) is 1.23. The van der Waals surface area contributed by atoms with Gasteiger partial charge in [0.15, 0.2) is 0 Å². The second kappa shape index (κ2) is 5.03. The van der Waals surface area contributed by atoms with Crippen molar-refractivity contribution in [2.24, 2.45) is 0 Å². The lowest BCUT2D eigenvalue weighted by Crippen LogP contribution is -1.89. The van der Waals surface area contributed by atoms with Gasteiger partial charge in [0.2, 0.25) is 0 Å². The van der Waals surface area contributed by atoms with Gasteiger partial charge in [-0.2, -0.15) is 0 Å². The summed E-state index contributed by atoms with van der Waals surface area (Å²) in [5.41, 5.74) is 1.89. The van der Waals surface area contributed by atoms with Gasteiger partial charge in [-0.05, 0) is 54.8 Å². The third-order valence-electron chi connectivity index (χ3n) is 2.22. The van der Waals surface area contributed by atoms with Crippen LogP contribution in [0.25, 0.3) is 0 Å². The third kappa shape index (κ3) is 2.76. The Bertz CT molecular complexity index is 450. The number of rotatable bonds is 3. The van der Waals surface area contributed by atoms with Crippen LogP contribution in [-0.2, 0) is 0 Å². The zero-order valence-corrected chi connectivity index (χ0v) is 9.72. The standard InChI is InChI=1S/C13H12FNS/c1-16-13-8-6-12(7-9-13)15-11-4-2-10(14)3-5-11/h2-9,15H,1H3. The summed E-state index contributed by atoms with van der Waals surface area (Å²) in [7, 11) is 0. The van der Waals surface area contributed by atoms with E-state index < -0.39 is 0 Å². The molecule has 0 saturated heterocycles. The van der Waals surface area contributed by atoms with Crippen molar-refractivity contribution >= 4 is 23.1 Å². The average Bonchev–Trinajstić information content (AvgIpc) is 2.33. The Hall–Kier alpha value is -1.48. The van der Waals surface area contributed by atoms with Gasteiger partial charge in [0, 0.05) is 16.3 Å². The molecule has 2 rings (SSSR count). The van der Waals surface area contributed by atoms with E-state index in [-0.39, 0.29) is 5.82 Å². The van der Waals surface area contributed by atoms with Gasteiger partial charge in [-0.25, -0.2) is 4.39 Å². The highest BCUT2D eigenvalue weighted by atomic mass is 32.2. The van der Waals surface area contributed by atoms with Crippen LogP contribution >= 0.6 is 11.8 Å². The molecule has 0 fully saturated rings. The molecule has 0 radical (unpaired) electrons. The van der Waals surface area contributed by atoms with Crippen molar-refractivity contribution in [3.05, 3.63) is 54.3 Å². The van der Waals surface area contributed by atoms with E-state index in [1.165, 1.54) is 17.0 Å². The van der Waals surface area contributed by atoms with Crippen molar-refractivity contribution in [3.8, 4) is 0 Å². The van der Waals surface area contributed by atoms with E-state index >= 15 is 0 Å². The van der Waals surface area contributed by atoms with Crippen LogP contribution < -0.4 is 5.32 Å². The van der Waals surface area contributed by atoms with Gasteiger partial charge in [-0.1, -0.05) is 0 Å². The molecule has 0 aromatic heterocycles. The van der Waals surface area contributed by atoms with E-state index in [1.54, 1.807) is 23.9 Å². The maximum Gasteiger partial charge on any atom is 0.123 e. The molecule has 0 unspecified atom stereocenters. The summed E-state index contributed by atoms with van der Waals surface area (Å²) in [6.45, 7) is 0. The predicted octanol–water partition coefficient (Wildman–Crippen LogP) is 4.29. The monoisotopic (exact) mass is 233 g/mol. The Morgan fingerprint density at radius 1 is 0.875 bits per heavy atom. The van der Waals surface area contributed by atoms with E-state index in [4.69, 9.17) is 0 Å². The molecule has 0 aliphatic carbocycles. The fourth-order valence-corrected chi connectivity index (χ4v) is 1.78. The van der Waals surface area contributed by atoms with Crippen molar-refractivity contribution in [1.29, 1.82) is 0 Å². The molecule has 0 spiro atoms. The van der Waals surface area contributed by atoms with Crippen LogP contribution in [0.4, 0.5) is 15.8 Å². The van der Waals surface area contributed by atoms with Crippen LogP contribution in [0.2, 0.25) is 0 Å². The van der Waals surface area contributed by atoms with Crippen LogP contribution in [0.15, 0.2) is 53.4 Å². The Morgan fingerprint density at radius 2 is 1.38 bits per heavy atom. The maximum absolute atomic E-state index is 12.7. The highest BCUT2D eigenvalue weighted by molar-refractivity contribution is 7.98. The number of anilines is 2. The molecule has 82 valence electrons. The lowest BCUT2D eigenvalue weighted by atomic mass is 10.2. The molecule has 2 aromatic carbocycles. The van der Waals surface area contributed by atoms with Crippen molar-refractivity contribution in [1.82, 2.24) is 0 Å². The molecule has 0 atom stereocenters. The molecule has 0 bridgehead atoms. The molecule has 0 heterocycles. The molecule has 16 heavy (non-hydrogen) atoms. The fraction of sp³-hybridized carbons (Fsp3) is 0.0769. The first-order valence-corrected chi connectivity index (χ1v) is 6.17. The predicted molar refractivity (Wildman–Crippen MR) is 67.9 cm³/mol. The Kier molecular flexibility index (Phi) is 3.47. The van der Waals surface area contributed by atoms with Gasteiger partial charge >= 0.3 is 0 Å². The average molecular weight is 233 g/mol. The molecular weight excluding hydrogens is 221 g/mol. The molecule has 0 amide bonds. The lowest BCUT2D eigenvalue weighted by Gasteiger charge is -2.06. The van der Waals surface area contributed by atoms with Gasteiger partial charge in [0.25, 0.3) is 0 Å². The minimum Gasteiger partial charge on any atom is -0.356 e. The van der Waals surface area contributed by atoms with Crippen LogP contribution in [0.5, 0.6) is 0 Å². The quantitative estimate of drug-likeness (QED) is 0.794. The largest absolute Gasteiger partial charge is 0.356 e. The number of halogens is 1.